The number of benzene rings is 2. The molecule has 0 radical (unpaired) electrons. The highest BCUT2D eigenvalue weighted by Crippen LogP contribution is 2.48. The second-order valence-corrected chi connectivity index (χ2v) is 10.6. The van der Waals surface area contributed by atoms with Crippen molar-refractivity contribution in [3.05, 3.63) is 64.7 Å². The van der Waals surface area contributed by atoms with Crippen molar-refractivity contribution in [3.8, 4) is 0 Å². The zero-order valence-corrected chi connectivity index (χ0v) is 21.3. The van der Waals surface area contributed by atoms with Crippen LogP contribution in [0, 0.1) is 11.8 Å². The highest BCUT2D eigenvalue weighted by molar-refractivity contribution is 6.30. The SMILES string of the molecule is CCCN(C(=O)[C@@H]1CN(CC2CC2)C(C)(C)C1c1cccc(Cl)c1)c1ccc(C(=O)OC)cc1. The Morgan fingerprint density at radius 3 is 2.44 bits per heavy atom. The molecule has 0 bridgehead atoms. The molecule has 1 aliphatic heterocycles. The van der Waals surface area contributed by atoms with Crippen LogP contribution in [0.1, 0.15) is 61.9 Å². The maximum Gasteiger partial charge on any atom is 0.337 e. The number of carbonyl (C=O) groups excluding carboxylic acids is 2. The minimum absolute atomic E-state index is 0.0335. The van der Waals surface area contributed by atoms with E-state index in [0.717, 1.165) is 36.7 Å². The van der Waals surface area contributed by atoms with E-state index in [0.29, 0.717) is 17.1 Å². The molecule has 1 amide bonds. The van der Waals surface area contributed by atoms with Crippen LogP contribution in [0.15, 0.2) is 48.5 Å². The molecule has 182 valence electrons. The van der Waals surface area contributed by atoms with E-state index in [2.05, 4.69) is 31.7 Å². The summed E-state index contributed by atoms with van der Waals surface area (Å²) in [4.78, 5) is 30.5. The molecule has 1 heterocycles. The number of likely N-dealkylation sites (tertiary alicyclic amines) is 1. The number of ether oxygens (including phenoxy) is 1. The van der Waals surface area contributed by atoms with Crippen LogP contribution >= 0.6 is 11.6 Å². The third kappa shape index (κ3) is 5.01. The molecule has 2 atom stereocenters. The molecule has 1 saturated heterocycles. The summed E-state index contributed by atoms with van der Waals surface area (Å²) in [6.07, 6.45) is 3.40. The number of hydrogen-bond donors (Lipinski definition) is 0. The zero-order valence-electron chi connectivity index (χ0n) is 20.6. The number of rotatable bonds is 8. The first-order valence-corrected chi connectivity index (χ1v) is 12.6. The largest absolute Gasteiger partial charge is 0.465 e. The van der Waals surface area contributed by atoms with Crippen LogP contribution in [-0.2, 0) is 9.53 Å². The summed E-state index contributed by atoms with van der Waals surface area (Å²) >= 11 is 6.39. The smallest absolute Gasteiger partial charge is 0.337 e. The molecule has 2 aliphatic rings. The second-order valence-electron chi connectivity index (χ2n) is 10.2. The van der Waals surface area contributed by atoms with E-state index in [1.54, 1.807) is 12.1 Å². The van der Waals surface area contributed by atoms with E-state index in [-0.39, 0.29) is 29.3 Å². The van der Waals surface area contributed by atoms with Crippen LogP contribution in [0.5, 0.6) is 0 Å². The maximum atomic E-state index is 14.2. The van der Waals surface area contributed by atoms with Crippen LogP contribution in [0.2, 0.25) is 5.02 Å². The summed E-state index contributed by atoms with van der Waals surface area (Å²) in [6.45, 7) is 9.01. The molecular weight excluding hydrogens is 448 g/mol. The number of hydrogen-bond acceptors (Lipinski definition) is 4. The van der Waals surface area contributed by atoms with Gasteiger partial charge in [0.15, 0.2) is 0 Å². The highest BCUT2D eigenvalue weighted by atomic mass is 35.5. The van der Waals surface area contributed by atoms with E-state index in [1.165, 1.54) is 20.0 Å². The van der Waals surface area contributed by atoms with Gasteiger partial charge in [0, 0.05) is 41.8 Å². The summed E-state index contributed by atoms with van der Waals surface area (Å²) in [7, 11) is 1.37. The van der Waals surface area contributed by atoms with E-state index in [1.807, 2.05) is 35.2 Å². The number of carbonyl (C=O) groups is 2. The normalized spacial score (nSPS) is 21.9. The van der Waals surface area contributed by atoms with Crippen LogP contribution in [0.4, 0.5) is 5.69 Å². The molecule has 6 heteroatoms. The van der Waals surface area contributed by atoms with Crippen molar-refractivity contribution in [1.29, 1.82) is 0 Å². The van der Waals surface area contributed by atoms with Gasteiger partial charge in [-0.15, -0.1) is 0 Å². The Kier molecular flexibility index (Phi) is 7.34. The lowest BCUT2D eigenvalue weighted by Gasteiger charge is -2.37. The molecule has 4 rings (SSSR count). The van der Waals surface area contributed by atoms with Gasteiger partial charge in [0.25, 0.3) is 0 Å². The van der Waals surface area contributed by atoms with E-state index >= 15 is 0 Å². The number of nitrogens with zero attached hydrogens (tertiary/aromatic N) is 2. The van der Waals surface area contributed by atoms with Gasteiger partial charge in [-0.2, -0.15) is 0 Å². The molecule has 1 aliphatic carbocycles. The first-order chi connectivity index (χ1) is 16.3. The van der Waals surface area contributed by atoms with Crippen LogP contribution in [0.3, 0.4) is 0 Å². The van der Waals surface area contributed by atoms with Gasteiger partial charge in [0.05, 0.1) is 18.6 Å². The molecule has 34 heavy (non-hydrogen) atoms. The van der Waals surface area contributed by atoms with Crippen LogP contribution in [0.25, 0.3) is 0 Å². The Bertz CT molecular complexity index is 1030. The van der Waals surface area contributed by atoms with Gasteiger partial charge in [-0.25, -0.2) is 4.79 Å². The molecule has 1 saturated carbocycles. The topological polar surface area (TPSA) is 49.9 Å². The Morgan fingerprint density at radius 2 is 1.85 bits per heavy atom. The molecule has 0 spiro atoms. The number of anilines is 1. The van der Waals surface area contributed by atoms with Crippen molar-refractivity contribution < 1.29 is 14.3 Å². The minimum Gasteiger partial charge on any atom is -0.465 e. The van der Waals surface area contributed by atoms with Gasteiger partial charge in [0.1, 0.15) is 0 Å². The fourth-order valence-electron chi connectivity index (χ4n) is 5.44. The molecule has 2 aromatic rings. The first-order valence-electron chi connectivity index (χ1n) is 12.3. The number of methoxy groups -OCH3 is 1. The van der Waals surface area contributed by atoms with Crippen molar-refractivity contribution in [2.75, 3.05) is 31.6 Å². The minimum atomic E-state index is -0.380. The number of amides is 1. The fraction of sp³-hybridized carbons (Fsp3) is 0.500. The highest BCUT2D eigenvalue weighted by Gasteiger charge is 2.52. The predicted molar refractivity (Wildman–Crippen MR) is 136 cm³/mol. The van der Waals surface area contributed by atoms with Crippen molar-refractivity contribution in [2.24, 2.45) is 11.8 Å². The summed E-state index contributed by atoms with van der Waals surface area (Å²) in [5.41, 5.74) is 2.24. The summed E-state index contributed by atoms with van der Waals surface area (Å²) in [5.74, 6) is 0.342. The summed E-state index contributed by atoms with van der Waals surface area (Å²) in [6, 6.07) is 15.1. The van der Waals surface area contributed by atoms with Crippen LogP contribution in [-0.4, -0.2) is 49.1 Å². The average molecular weight is 483 g/mol. The lowest BCUT2D eigenvalue weighted by Crippen LogP contribution is -2.43. The first kappa shape index (κ1) is 24.7. The van der Waals surface area contributed by atoms with Crippen molar-refractivity contribution >= 4 is 29.2 Å². The Balaban J connectivity index is 1.68. The standard InChI is InChI=1S/C28H35ClN2O3/c1-5-15-31(23-13-11-20(12-14-23)27(33)34-4)26(32)24-18-30(17-19-9-10-19)28(2,3)25(24)21-7-6-8-22(29)16-21/h6-8,11-14,16,19,24-25H,5,9-10,15,17-18H2,1-4H3/t24-,25?/m1/s1. The Hall–Kier alpha value is -2.37. The lowest BCUT2D eigenvalue weighted by atomic mass is 9.76. The Labute approximate surface area is 208 Å². The van der Waals surface area contributed by atoms with Gasteiger partial charge in [-0.1, -0.05) is 30.7 Å². The van der Waals surface area contributed by atoms with Gasteiger partial charge in [0.2, 0.25) is 5.91 Å². The van der Waals surface area contributed by atoms with Gasteiger partial charge in [-0.3, -0.25) is 9.69 Å². The predicted octanol–water partition coefficient (Wildman–Crippen LogP) is 5.77. The lowest BCUT2D eigenvalue weighted by molar-refractivity contribution is -0.122. The van der Waals surface area contributed by atoms with Gasteiger partial charge in [-0.05, 0) is 81.0 Å². The molecule has 2 fully saturated rings. The maximum absolute atomic E-state index is 14.2. The Morgan fingerprint density at radius 1 is 1.15 bits per heavy atom. The van der Waals surface area contributed by atoms with Gasteiger partial charge >= 0.3 is 5.97 Å². The summed E-state index contributed by atoms with van der Waals surface area (Å²) < 4.78 is 4.82. The monoisotopic (exact) mass is 482 g/mol. The second kappa shape index (κ2) is 10.1. The molecule has 2 aromatic carbocycles. The van der Waals surface area contributed by atoms with Crippen LogP contribution < -0.4 is 4.90 Å². The van der Waals surface area contributed by atoms with E-state index < -0.39 is 0 Å². The van der Waals surface area contributed by atoms with Crippen molar-refractivity contribution in [1.82, 2.24) is 4.90 Å². The molecular formula is C28H35ClN2O3. The van der Waals surface area contributed by atoms with E-state index in [9.17, 15) is 9.59 Å². The van der Waals surface area contributed by atoms with Crippen molar-refractivity contribution in [2.45, 2.75) is 51.5 Å². The van der Waals surface area contributed by atoms with Gasteiger partial charge < -0.3 is 9.64 Å². The summed E-state index contributed by atoms with van der Waals surface area (Å²) in [5, 5.41) is 0.698. The molecule has 5 nitrogen and oxygen atoms in total. The third-order valence-corrected chi connectivity index (χ3v) is 7.64. The number of halogens is 1. The third-order valence-electron chi connectivity index (χ3n) is 7.41. The fourth-order valence-corrected chi connectivity index (χ4v) is 5.63. The quantitative estimate of drug-likeness (QED) is 0.448. The molecule has 1 unspecified atom stereocenters. The number of esters is 1. The van der Waals surface area contributed by atoms with E-state index in [4.69, 9.17) is 16.3 Å². The molecule has 0 aromatic heterocycles. The average Bonchev–Trinajstić information content (AvgIpc) is 3.60. The van der Waals surface area contributed by atoms with Crippen molar-refractivity contribution in [3.63, 3.8) is 0 Å². The zero-order chi connectivity index (χ0) is 24.5. The molecule has 0 N–H and O–H groups in total.